The number of hydrogen-bond donors (Lipinski definition) is 0. The highest BCUT2D eigenvalue weighted by atomic mass is 16.5. The quantitative estimate of drug-likeness (QED) is 0.105. The molecule has 0 aliphatic rings. The monoisotopic (exact) mass is 544 g/mol. The van der Waals surface area contributed by atoms with Crippen LogP contribution in [0.2, 0.25) is 0 Å². The topological polar surface area (TPSA) is 35.5 Å². The number of rotatable bonds is 20. The van der Waals surface area contributed by atoms with Gasteiger partial charge in [-0.15, -0.1) is 0 Å². The molecule has 0 aliphatic heterocycles. The second kappa shape index (κ2) is 18.5. The number of aryl methyl sites for hydroxylation is 2. The number of benzene rings is 3. The number of esters is 1. The molecule has 218 valence electrons. The number of fused-ring (bicyclic) bond motifs is 1. The Morgan fingerprint density at radius 2 is 1.25 bits per heavy atom. The molecule has 0 amide bonds. The van der Waals surface area contributed by atoms with Gasteiger partial charge in [0.2, 0.25) is 0 Å². The van der Waals surface area contributed by atoms with Crippen molar-refractivity contribution in [2.24, 2.45) is 0 Å². The maximum absolute atomic E-state index is 12.6. The number of carbonyl (C=O) groups excluding carboxylic acids is 1. The van der Waals surface area contributed by atoms with Gasteiger partial charge >= 0.3 is 5.97 Å². The molecule has 0 aromatic heterocycles. The van der Waals surface area contributed by atoms with Gasteiger partial charge in [-0.25, -0.2) is 4.79 Å². The van der Waals surface area contributed by atoms with E-state index >= 15 is 0 Å². The Labute approximate surface area is 243 Å². The summed E-state index contributed by atoms with van der Waals surface area (Å²) >= 11 is 0. The Kier molecular flexibility index (Phi) is 14.7. The van der Waals surface area contributed by atoms with Gasteiger partial charge in [0.15, 0.2) is 0 Å². The van der Waals surface area contributed by atoms with Gasteiger partial charge < -0.3 is 9.47 Å². The van der Waals surface area contributed by atoms with Gasteiger partial charge in [0.25, 0.3) is 0 Å². The van der Waals surface area contributed by atoms with E-state index in [2.05, 4.69) is 69.3 Å². The maximum atomic E-state index is 12.6. The number of unbranched alkanes of at least 4 members (excludes halogenated alkanes) is 9. The largest absolute Gasteiger partial charge is 0.494 e. The zero-order valence-electron chi connectivity index (χ0n) is 25.4. The minimum Gasteiger partial charge on any atom is -0.494 e. The molecule has 3 aromatic carbocycles. The van der Waals surface area contributed by atoms with Gasteiger partial charge in [0, 0.05) is 0 Å². The predicted octanol–water partition coefficient (Wildman–Crippen LogP) is 10.7. The summed E-state index contributed by atoms with van der Waals surface area (Å²) in [6.07, 6.45) is 17.7. The van der Waals surface area contributed by atoms with Crippen LogP contribution in [0.15, 0.2) is 60.7 Å². The van der Waals surface area contributed by atoms with Crippen molar-refractivity contribution < 1.29 is 14.3 Å². The molecule has 0 fully saturated rings. The van der Waals surface area contributed by atoms with E-state index in [9.17, 15) is 4.79 Å². The second-order valence-corrected chi connectivity index (χ2v) is 11.3. The smallest absolute Gasteiger partial charge is 0.338 e. The maximum Gasteiger partial charge on any atom is 0.338 e. The fourth-order valence-corrected chi connectivity index (χ4v) is 5.23. The second-order valence-electron chi connectivity index (χ2n) is 11.3. The van der Waals surface area contributed by atoms with Crippen LogP contribution in [-0.2, 0) is 17.6 Å². The van der Waals surface area contributed by atoms with Crippen molar-refractivity contribution in [1.29, 1.82) is 0 Å². The van der Waals surface area contributed by atoms with Gasteiger partial charge in [-0.3, -0.25) is 0 Å². The molecule has 0 aliphatic carbocycles. The lowest BCUT2D eigenvalue weighted by Gasteiger charge is -2.16. The zero-order chi connectivity index (χ0) is 28.4. The number of hydrogen-bond acceptors (Lipinski definition) is 3. The summed E-state index contributed by atoms with van der Waals surface area (Å²) in [5.74, 6) is 0.763. The molecule has 0 spiro atoms. The zero-order valence-corrected chi connectivity index (χ0v) is 25.4. The lowest BCUT2D eigenvalue weighted by Crippen LogP contribution is -2.17. The Morgan fingerprint density at radius 3 is 1.98 bits per heavy atom. The van der Waals surface area contributed by atoms with Crippen LogP contribution in [0, 0.1) is 0 Å². The van der Waals surface area contributed by atoms with Crippen molar-refractivity contribution in [2.45, 2.75) is 123 Å². The average Bonchev–Trinajstić information content (AvgIpc) is 2.98. The minimum atomic E-state index is -0.203. The van der Waals surface area contributed by atoms with Crippen molar-refractivity contribution in [3.63, 3.8) is 0 Å². The normalized spacial score (nSPS) is 12.0. The standard InChI is InChI=1S/C37H52O3/c1-4-7-9-10-11-12-13-15-27-39-36-26-25-33-28-31(21-24-34(33)29-36)18-17-30-19-22-32(23-20-30)37(38)40-35(6-3)16-14-8-5-2/h19-26,28-29,35H,4-18,27H2,1-3H3. The molecule has 40 heavy (non-hydrogen) atoms. The van der Waals surface area contributed by atoms with Crippen molar-refractivity contribution in [3.8, 4) is 5.75 Å². The van der Waals surface area contributed by atoms with Gasteiger partial charge in [0.05, 0.1) is 12.2 Å². The fourth-order valence-electron chi connectivity index (χ4n) is 5.23. The third-order valence-electron chi connectivity index (χ3n) is 7.89. The van der Waals surface area contributed by atoms with Crippen molar-refractivity contribution in [3.05, 3.63) is 77.4 Å². The highest BCUT2D eigenvalue weighted by molar-refractivity contribution is 5.89. The molecule has 3 aromatic rings. The van der Waals surface area contributed by atoms with Crippen LogP contribution >= 0.6 is 0 Å². The highest BCUT2D eigenvalue weighted by Crippen LogP contribution is 2.23. The first-order chi connectivity index (χ1) is 19.6. The first-order valence-electron chi connectivity index (χ1n) is 16.1. The fraction of sp³-hybridized carbons (Fsp3) is 0.541. The molecule has 0 N–H and O–H groups in total. The SMILES string of the molecule is CCCCCCCCCCOc1ccc2cc(CCc3ccc(C(=O)OC(CC)CCCCC)cc3)ccc2c1. The number of carbonyl (C=O) groups is 1. The van der Waals surface area contributed by atoms with Crippen LogP contribution in [0.4, 0.5) is 0 Å². The van der Waals surface area contributed by atoms with Crippen LogP contribution < -0.4 is 4.74 Å². The molecule has 1 unspecified atom stereocenters. The Balaban J connectivity index is 1.41. The molecule has 1 atom stereocenters. The Hall–Kier alpha value is -2.81. The minimum absolute atomic E-state index is 0.0178. The van der Waals surface area contributed by atoms with Crippen LogP contribution in [0.3, 0.4) is 0 Å². The molecule has 0 heterocycles. The molecule has 0 bridgehead atoms. The van der Waals surface area contributed by atoms with Gasteiger partial charge in [-0.2, -0.15) is 0 Å². The first kappa shape index (κ1) is 31.7. The van der Waals surface area contributed by atoms with E-state index in [4.69, 9.17) is 9.47 Å². The van der Waals surface area contributed by atoms with Crippen molar-refractivity contribution in [1.82, 2.24) is 0 Å². The lowest BCUT2D eigenvalue weighted by molar-refractivity contribution is 0.0267. The summed E-state index contributed by atoms with van der Waals surface area (Å²) in [6, 6.07) is 21.1. The van der Waals surface area contributed by atoms with Crippen LogP contribution in [0.25, 0.3) is 10.8 Å². The van der Waals surface area contributed by atoms with Gasteiger partial charge in [-0.1, -0.05) is 115 Å². The van der Waals surface area contributed by atoms with E-state index in [-0.39, 0.29) is 12.1 Å². The Bertz CT molecular complexity index is 1120. The number of ether oxygens (including phenoxy) is 2. The highest BCUT2D eigenvalue weighted by Gasteiger charge is 2.14. The van der Waals surface area contributed by atoms with E-state index < -0.39 is 0 Å². The van der Waals surface area contributed by atoms with E-state index in [1.165, 1.54) is 79.7 Å². The van der Waals surface area contributed by atoms with Crippen LogP contribution in [-0.4, -0.2) is 18.7 Å². The van der Waals surface area contributed by atoms with E-state index in [0.29, 0.717) is 5.56 Å². The van der Waals surface area contributed by atoms with Crippen LogP contribution in [0.5, 0.6) is 5.75 Å². The summed E-state index contributed by atoms with van der Waals surface area (Å²) in [5, 5.41) is 2.47. The van der Waals surface area contributed by atoms with Gasteiger partial charge in [0.1, 0.15) is 11.9 Å². The van der Waals surface area contributed by atoms with Crippen molar-refractivity contribution in [2.75, 3.05) is 6.61 Å². The third-order valence-corrected chi connectivity index (χ3v) is 7.89. The molecule has 0 saturated carbocycles. The summed E-state index contributed by atoms with van der Waals surface area (Å²) in [7, 11) is 0. The first-order valence-corrected chi connectivity index (χ1v) is 16.1. The molecule has 3 nitrogen and oxygen atoms in total. The third kappa shape index (κ3) is 11.4. The molecule has 3 heteroatoms. The summed E-state index contributed by atoms with van der Waals surface area (Å²) in [4.78, 5) is 12.6. The molecule has 0 saturated heterocycles. The summed E-state index contributed by atoms with van der Waals surface area (Å²) < 4.78 is 11.8. The lowest BCUT2D eigenvalue weighted by atomic mass is 10.0. The average molecular weight is 545 g/mol. The van der Waals surface area contributed by atoms with Crippen LogP contribution in [0.1, 0.15) is 126 Å². The summed E-state index contributed by atoms with van der Waals surface area (Å²) in [5.41, 5.74) is 3.20. The van der Waals surface area contributed by atoms with E-state index in [0.717, 1.165) is 50.9 Å². The van der Waals surface area contributed by atoms with Gasteiger partial charge in [-0.05, 0) is 84.7 Å². The summed E-state index contributed by atoms with van der Waals surface area (Å²) in [6.45, 7) is 7.35. The molecule has 3 rings (SSSR count). The molecular weight excluding hydrogens is 492 g/mol. The Morgan fingerprint density at radius 1 is 0.650 bits per heavy atom. The molecular formula is C37H52O3. The van der Waals surface area contributed by atoms with E-state index in [1.54, 1.807) is 0 Å². The predicted molar refractivity (Wildman–Crippen MR) is 170 cm³/mol. The molecule has 0 radical (unpaired) electrons. The van der Waals surface area contributed by atoms with E-state index in [1.807, 2.05) is 12.1 Å². The van der Waals surface area contributed by atoms with Crippen molar-refractivity contribution >= 4 is 16.7 Å².